The minimum atomic E-state index is -4.64. The van der Waals surface area contributed by atoms with Gasteiger partial charge >= 0.3 is 6.18 Å². The van der Waals surface area contributed by atoms with Gasteiger partial charge in [0.25, 0.3) is 0 Å². The normalized spacial score (nSPS) is 15.2. The lowest BCUT2D eigenvalue weighted by molar-refractivity contribution is -0.156. The fraction of sp³-hybridized carbons (Fsp3) is 0.200. The number of fused-ring (bicyclic) bond motifs is 2. The van der Waals surface area contributed by atoms with Crippen LogP contribution in [0.15, 0.2) is 73.1 Å². The molecule has 0 spiro atoms. The van der Waals surface area contributed by atoms with Crippen LogP contribution in [0.3, 0.4) is 0 Å². The summed E-state index contributed by atoms with van der Waals surface area (Å²) in [6, 6.07) is 24.5. The Labute approximate surface area is 183 Å². The molecular formula is C25H22F3N3O. The fourth-order valence-electron chi connectivity index (χ4n) is 3.94. The minimum absolute atomic E-state index is 0.480. The molecule has 0 radical (unpaired) electrons. The first-order valence-corrected chi connectivity index (χ1v) is 10.3. The van der Waals surface area contributed by atoms with Gasteiger partial charge in [-0.1, -0.05) is 54.6 Å². The molecule has 3 aromatic carbocycles. The number of aromatic nitrogens is 2. The lowest BCUT2D eigenvalue weighted by Crippen LogP contribution is -2.18. The second-order valence-electron chi connectivity index (χ2n) is 7.66. The average molecular weight is 437 g/mol. The van der Waals surface area contributed by atoms with Gasteiger partial charge in [-0.2, -0.15) is 13.2 Å². The predicted molar refractivity (Wildman–Crippen MR) is 118 cm³/mol. The van der Waals surface area contributed by atoms with Crippen molar-refractivity contribution >= 4 is 17.3 Å². The van der Waals surface area contributed by atoms with Gasteiger partial charge in [0.05, 0.1) is 17.4 Å². The lowest BCUT2D eigenvalue weighted by Gasteiger charge is -2.14. The van der Waals surface area contributed by atoms with Crippen molar-refractivity contribution in [1.29, 1.82) is 0 Å². The molecule has 4 nitrogen and oxygen atoms in total. The first kappa shape index (κ1) is 21.8. The molecule has 1 heterocycles. The standard InChI is InChI=1S/C23H21N3.C2HF3O/c1-2-4-20-18(3-1)9-11-21(20)24-14-16-5-7-17(8-6-16)19-10-12-22-23(13-19)26-15-25-22;3-2(4,5)1-6/h1-8,10,12-13,15,21,24H,9,11,14H2,(H,25,26);1H/t21-;/m1./s1. The fourth-order valence-corrected chi connectivity index (χ4v) is 3.94. The minimum Gasteiger partial charge on any atom is -0.345 e. The Morgan fingerprint density at radius 3 is 2.50 bits per heavy atom. The molecule has 2 N–H and O–H groups in total. The van der Waals surface area contributed by atoms with Crippen molar-refractivity contribution in [3.63, 3.8) is 0 Å². The average Bonchev–Trinajstić information content (AvgIpc) is 3.44. The first-order valence-electron chi connectivity index (χ1n) is 10.3. The maximum atomic E-state index is 10.4. The molecule has 1 aliphatic rings. The van der Waals surface area contributed by atoms with Crippen LogP contribution in [0.25, 0.3) is 22.2 Å². The highest BCUT2D eigenvalue weighted by Gasteiger charge is 2.25. The van der Waals surface area contributed by atoms with Crippen molar-refractivity contribution in [2.45, 2.75) is 31.6 Å². The summed E-state index contributed by atoms with van der Waals surface area (Å²) in [6.45, 7) is 0.902. The van der Waals surface area contributed by atoms with Crippen LogP contribution in [0.1, 0.15) is 29.2 Å². The summed E-state index contributed by atoms with van der Waals surface area (Å²) in [4.78, 5) is 16.2. The summed E-state index contributed by atoms with van der Waals surface area (Å²) in [6.07, 6.45) is -1.58. The molecule has 0 saturated carbocycles. The molecular weight excluding hydrogens is 415 g/mol. The number of nitrogens with one attached hydrogen (secondary N) is 2. The largest absolute Gasteiger partial charge is 0.446 e. The summed E-state index contributed by atoms with van der Waals surface area (Å²) in [5, 5.41) is 3.72. The molecule has 164 valence electrons. The Hall–Kier alpha value is -3.45. The van der Waals surface area contributed by atoms with Gasteiger partial charge in [-0.15, -0.1) is 0 Å². The van der Waals surface area contributed by atoms with Crippen molar-refractivity contribution in [2.24, 2.45) is 0 Å². The van der Waals surface area contributed by atoms with E-state index in [1.165, 1.54) is 40.7 Å². The quantitative estimate of drug-likeness (QED) is 0.400. The summed E-state index contributed by atoms with van der Waals surface area (Å²) in [5.41, 5.74) is 8.81. The maximum Gasteiger partial charge on any atom is 0.446 e. The van der Waals surface area contributed by atoms with E-state index in [1.807, 2.05) is 0 Å². The van der Waals surface area contributed by atoms with Gasteiger partial charge in [0.2, 0.25) is 6.29 Å². The predicted octanol–water partition coefficient (Wildman–Crippen LogP) is 5.75. The summed E-state index contributed by atoms with van der Waals surface area (Å²) < 4.78 is 31.2. The molecule has 1 atom stereocenters. The number of carbonyl (C=O) groups is 1. The van der Waals surface area contributed by atoms with Crippen LogP contribution in [-0.2, 0) is 17.8 Å². The second-order valence-corrected chi connectivity index (χ2v) is 7.66. The van der Waals surface area contributed by atoms with Crippen molar-refractivity contribution in [2.75, 3.05) is 0 Å². The zero-order valence-corrected chi connectivity index (χ0v) is 17.2. The molecule has 0 unspecified atom stereocenters. The van der Waals surface area contributed by atoms with Gasteiger partial charge in [-0.3, -0.25) is 4.79 Å². The number of hydrogen-bond acceptors (Lipinski definition) is 3. The Bertz CT molecular complexity index is 1200. The zero-order valence-electron chi connectivity index (χ0n) is 17.2. The number of imidazole rings is 1. The zero-order chi connectivity index (χ0) is 22.6. The number of halogens is 3. The van der Waals surface area contributed by atoms with Gasteiger partial charge in [0.1, 0.15) is 0 Å². The van der Waals surface area contributed by atoms with Crippen molar-refractivity contribution < 1.29 is 18.0 Å². The number of carbonyl (C=O) groups excluding carboxylic acids is 1. The molecule has 0 bridgehead atoms. The number of H-pyrrole nitrogens is 1. The number of aldehydes is 1. The van der Waals surface area contributed by atoms with E-state index in [0.29, 0.717) is 6.04 Å². The van der Waals surface area contributed by atoms with Crippen LogP contribution in [0.4, 0.5) is 13.2 Å². The van der Waals surface area contributed by atoms with E-state index in [-0.39, 0.29) is 0 Å². The number of benzene rings is 3. The van der Waals surface area contributed by atoms with E-state index in [1.54, 1.807) is 6.33 Å². The smallest absolute Gasteiger partial charge is 0.345 e. The van der Waals surface area contributed by atoms with Crippen LogP contribution in [0.5, 0.6) is 0 Å². The molecule has 1 aromatic heterocycles. The Kier molecular flexibility index (Phi) is 6.37. The number of nitrogens with zero attached hydrogens (tertiary/aromatic N) is 1. The van der Waals surface area contributed by atoms with E-state index in [9.17, 15) is 13.2 Å². The van der Waals surface area contributed by atoms with E-state index < -0.39 is 12.5 Å². The summed E-state index contributed by atoms with van der Waals surface area (Å²) in [7, 11) is 0. The third kappa shape index (κ3) is 5.23. The Morgan fingerprint density at radius 2 is 1.75 bits per heavy atom. The number of aryl methyl sites for hydroxylation is 1. The molecule has 32 heavy (non-hydrogen) atoms. The molecule has 0 saturated heterocycles. The van der Waals surface area contributed by atoms with Gasteiger partial charge in [-0.25, -0.2) is 4.98 Å². The Morgan fingerprint density at radius 1 is 1.03 bits per heavy atom. The summed E-state index contributed by atoms with van der Waals surface area (Å²) in [5.74, 6) is 0. The molecule has 1 aliphatic carbocycles. The highest BCUT2D eigenvalue weighted by Crippen LogP contribution is 2.31. The third-order valence-corrected chi connectivity index (χ3v) is 5.53. The van der Waals surface area contributed by atoms with Crippen LogP contribution < -0.4 is 5.32 Å². The third-order valence-electron chi connectivity index (χ3n) is 5.53. The molecule has 7 heteroatoms. The first-order chi connectivity index (χ1) is 15.4. The van der Waals surface area contributed by atoms with Crippen LogP contribution in [-0.4, -0.2) is 22.4 Å². The number of rotatable bonds is 4. The molecule has 0 aliphatic heterocycles. The van der Waals surface area contributed by atoms with Crippen molar-refractivity contribution in [3.8, 4) is 11.1 Å². The lowest BCUT2D eigenvalue weighted by atomic mass is 10.0. The second kappa shape index (κ2) is 9.36. The van der Waals surface area contributed by atoms with Crippen LogP contribution in [0, 0.1) is 0 Å². The van der Waals surface area contributed by atoms with Gasteiger partial charge in [0, 0.05) is 12.6 Å². The number of hydrogen-bond donors (Lipinski definition) is 2. The topological polar surface area (TPSA) is 57.8 Å². The maximum absolute atomic E-state index is 10.4. The number of alkyl halides is 3. The van der Waals surface area contributed by atoms with E-state index >= 15 is 0 Å². The molecule has 4 aromatic rings. The summed E-state index contributed by atoms with van der Waals surface area (Å²) >= 11 is 0. The molecule has 0 amide bonds. The van der Waals surface area contributed by atoms with Gasteiger partial charge in [0.15, 0.2) is 0 Å². The van der Waals surface area contributed by atoms with E-state index in [4.69, 9.17) is 4.79 Å². The SMILES string of the molecule is O=CC(F)(F)F.c1ccc2c(c1)CC[C@H]2NCc1ccc(-c2ccc3nc[nH]c3c2)cc1. The van der Waals surface area contributed by atoms with Gasteiger partial charge in [-0.05, 0) is 52.8 Å². The number of aromatic amines is 1. The van der Waals surface area contributed by atoms with Crippen LogP contribution >= 0.6 is 0 Å². The van der Waals surface area contributed by atoms with Crippen molar-refractivity contribution in [1.82, 2.24) is 15.3 Å². The monoisotopic (exact) mass is 437 g/mol. The highest BCUT2D eigenvalue weighted by molar-refractivity contribution is 5.81. The van der Waals surface area contributed by atoms with Crippen molar-refractivity contribution in [3.05, 3.63) is 89.7 Å². The Balaban J connectivity index is 0.000000363. The molecule has 0 fully saturated rings. The highest BCUT2D eigenvalue weighted by atomic mass is 19.4. The van der Waals surface area contributed by atoms with E-state index in [0.717, 1.165) is 17.6 Å². The molecule has 5 rings (SSSR count). The van der Waals surface area contributed by atoms with Gasteiger partial charge < -0.3 is 10.3 Å². The van der Waals surface area contributed by atoms with E-state index in [2.05, 4.69) is 82.0 Å². The van der Waals surface area contributed by atoms with Crippen LogP contribution in [0.2, 0.25) is 0 Å².